The normalized spacial score (nSPS) is 16.6. The fourth-order valence-corrected chi connectivity index (χ4v) is 2.44. The van der Waals surface area contributed by atoms with Crippen LogP contribution in [-0.2, 0) is 5.60 Å². The highest BCUT2D eigenvalue weighted by Crippen LogP contribution is 2.35. The summed E-state index contributed by atoms with van der Waals surface area (Å²) in [6.45, 7) is 7.19. The zero-order valence-electron chi connectivity index (χ0n) is 10.4. The Balaban J connectivity index is 2.70. The zero-order valence-corrected chi connectivity index (χ0v) is 10.4. The maximum atomic E-state index is 12.3. The molecule has 0 radical (unpaired) electrons. The van der Waals surface area contributed by atoms with Gasteiger partial charge < -0.3 is 9.67 Å². The topological polar surface area (TPSA) is 42.2 Å². The molecule has 1 heterocycles. The molecule has 1 aliphatic rings. The average molecular weight is 221 g/mol. The number of aryl methyl sites for hydroxylation is 2. The number of hydrogen-bond acceptors (Lipinski definition) is 2. The Morgan fingerprint density at radius 2 is 1.94 bits per heavy atom. The quantitative estimate of drug-likeness (QED) is 0.830. The van der Waals surface area contributed by atoms with Crippen LogP contribution in [0.15, 0.2) is 10.9 Å². The van der Waals surface area contributed by atoms with Crippen LogP contribution in [0.4, 0.5) is 0 Å². The van der Waals surface area contributed by atoms with E-state index in [1.165, 1.54) is 0 Å². The van der Waals surface area contributed by atoms with Gasteiger partial charge in [0.05, 0.1) is 11.2 Å². The molecule has 0 spiro atoms. The summed E-state index contributed by atoms with van der Waals surface area (Å²) in [6, 6.07) is 2.35. The molecular formula is C13H19NO2. The minimum absolute atomic E-state index is 0.0208. The van der Waals surface area contributed by atoms with Crippen LogP contribution in [0.1, 0.15) is 49.6 Å². The van der Waals surface area contributed by atoms with Crippen molar-refractivity contribution >= 4 is 0 Å². The van der Waals surface area contributed by atoms with Crippen molar-refractivity contribution in [3.8, 4) is 0 Å². The highest BCUT2D eigenvalue weighted by molar-refractivity contribution is 5.31. The lowest BCUT2D eigenvalue weighted by molar-refractivity contribution is 0.0757. The third-order valence-corrected chi connectivity index (χ3v) is 3.16. The van der Waals surface area contributed by atoms with E-state index >= 15 is 0 Å². The first-order chi connectivity index (χ1) is 7.32. The van der Waals surface area contributed by atoms with Crippen molar-refractivity contribution in [2.45, 2.75) is 52.2 Å². The Kier molecular flexibility index (Phi) is 2.46. The largest absolute Gasteiger partial charge is 0.386 e. The van der Waals surface area contributed by atoms with Gasteiger partial charge in [-0.2, -0.15) is 0 Å². The lowest BCUT2D eigenvalue weighted by atomic mass is 9.95. The maximum absolute atomic E-state index is 12.3. The third-order valence-electron chi connectivity index (χ3n) is 3.16. The van der Waals surface area contributed by atoms with Crippen LogP contribution in [0.25, 0.3) is 0 Å². The molecule has 0 saturated heterocycles. The minimum atomic E-state index is -1.06. The van der Waals surface area contributed by atoms with Crippen molar-refractivity contribution in [3.63, 3.8) is 0 Å². The molecule has 88 valence electrons. The Labute approximate surface area is 95.7 Å². The SMILES string of the molecule is Cc1cc(C)n(C2CC2)c(=O)c1C(C)(C)O. The lowest BCUT2D eigenvalue weighted by Crippen LogP contribution is -2.34. The van der Waals surface area contributed by atoms with Crippen LogP contribution < -0.4 is 5.56 Å². The number of aliphatic hydroxyl groups is 1. The van der Waals surface area contributed by atoms with E-state index in [1.807, 2.05) is 24.5 Å². The molecule has 1 aliphatic carbocycles. The Hall–Kier alpha value is -1.09. The van der Waals surface area contributed by atoms with E-state index in [9.17, 15) is 9.90 Å². The van der Waals surface area contributed by atoms with E-state index < -0.39 is 5.60 Å². The molecule has 1 saturated carbocycles. The van der Waals surface area contributed by atoms with E-state index in [0.29, 0.717) is 11.6 Å². The Morgan fingerprint density at radius 1 is 1.38 bits per heavy atom. The summed E-state index contributed by atoms with van der Waals surface area (Å²) < 4.78 is 1.83. The monoisotopic (exact) mass is 221 g/mol. The van der Waals surface area contributed by atoms with Crippen LogP contribution in [-0.4, -0.2) is 9.67 Å². The number of nitrogens with zero attached hydrogens (tertiary/aromatic N) is 1. The lowest BCUT2D eigenvalue weighted by Gasteiger charge is -2.22. The van der Waals surface area contributed by atoms with Crippen LogP contribution in [0.5, 0.6) is 0 Å². The summed E-state index contributed by atoms with van der Waals surface area (Å²) >= 11 is 0. The maximum Gasteiger partial charge on any atom is 0.257 e. The van der Waals surface area contributed by atoms with E-state index in [4.69, 9.17) is 0 Å². The molecule has 0 atom stereocenters. The predicted octanol–water partition coefficient (Wildman–Crippen LogP) is 2.03. The fourth-order valence-electron chi connectivity index (χ4n) is 2.44. The van der Waals surface area contributed by atoms with E-state index in [0.717, 1.165) is 24.1 Å². The van der Waals surface area contributed by atoms with Crippen LogP contribution in [0.3, 0.4) is 0 Å². The van der Waals surface area contributed by atoms with Crippen molar-refractivity contribution in [2.75, 3.05) is 0 Å². The smallest absolute Gasteiger partial charge is 0.257 e. The van der Waals surface area contributed by atoms with Crippen LogP contribution in [0, 0.1) is 13.8 Å². The fraction of sp³-hybridized carbons (Fsp3) is 0.615. The molecule has 1 aromatic heterocycles. The van der Waals surface area contributed by atoms with Crippen molar-refractivity contribution in [3.05, 3.63) is 33.2 Å². The number of pyridine rings is 1. The van der Waals surface area contributed by atoms with E-state index in [-0.39, 0.29) is 5.56 Å². The molecule has 1 fully saturated rings. The van der Waals surface area contributed by atoms with Gasteiger partial charge in [-0.15, -0.1) is 0 Å². The van der Waals surface area contributed by atoms with Gasteiger partial charge in [0.2, 0.25) is 0 Å². The van der Waals surface area contributed by atoms with Gasteiger partial charge in [-0.05, 0) is 52.2 Å². The first-order valence-corrected chi connectivity index (χ1v) is 5.78. The average Bonchev–Trinajstić information content (AvgIpc) is 2.83. The second-order valence-corrected chi connectivity index (χ2v) is 5.31. The van der Waals surface area contributed by atoms with Gasteiger partial charge in [-0.3, -0.25) is 4.79 Å². The summed E-state index contributed by atoms with van der Waals surface area (Å²) in [5.41, 5.74) is 1.33. The van der Waals surface area contributed by atoms with Gasteiger partial charge in [-0.25, -0.2) is 0 Å². The summed E-state index contributed by atoms with van der Waals surface area (Å²) in [5.74, 6) is 0. The van der Waals surface area contributed by atoms with Crippen molar-refractivity contribution in [1.82, 2.24) is 4.57 Å². The molecule has 3 heteroatoms. The van der Waals surface area contributed by atoms with Gasteiger partial charge >= 0.3 is 0 Å². The number of hydrogen-bond donors (Lipinski definition) is 1. The molecular weight excluding hydrogens is 202 g/mol. The molecule has 0 bridgehead atoms. The Morgan fingerprint density at radius 3 is 2.38 bits per heavy atom. The van der Waals surface area contributed by atoms with Gasteiger partial charge in [0, 0.05) is 11.7 Å². The van der Waals surface area contributed by atoms with Gasteiger partial charge in [0.1, 0.15) is 0 Å². The number of rotatable bonds is 2. The molecule has 0 aliphatic heterocycles. The highest BCUT2D eigenvalue weighted by Gasteiger charge is 2.30. The zero-order chi connectivity index (χ0) is 12.1. The van der Waals surface area contributed by atoms with Crippen molar-refractivity contribution in [1.29, 1.82) is 0 Å². The van der Waals surface area contributed by atoms with Gasteiger partial charge in [-0.1, -0.05) is 0 Å². The van der Waals surface area contributed by atoms with E-state index in [2.05, 4.69) is 0 Å². The molecule has 2 rings (SSSR count). The van der Waals surface area contributed by atoms with Crippen molar-refractivity contribution < 1.29 is 5.11 Å². The van der Waals surface area contributed by atoms with E-state index in [1.54, 1.807) is 13.8 Å². The third kappa shape index (κ3) is 1.80. The van der Waals surface area contributed by atoms with Gasteiger partial charge in [0.25, 0.3) is 5.56 Å². The summed E-state index contributed by atoms with van der Waals surface area (Å²) in [7, 11) is 0. The predicted molar refractivity (Wildman–Crippen MR) is 63.7 cm³/mol. The molecule has 0 unspecified atom stereocenters. The molecule has 3 nitrogen and oxygen atoms in total. The molecule has 16 heavy (non-hydrogen) atoms. The second-order valence-electron chi connectivity index (χ2n) is 5.31. The minimum Gasteiger partial charge on any atom is -0.386 e. The molecule has 1 N–H and O–H groups in total. The number of aromatic nitrogens is 1. The molecule has 0 amide bonds. The summed E-state index contributed by atoms with van der Waals surface area (Å²) in [6.07, 6.45) is 2.16. The van der Waals surface area contributed by atoms with Crippen molar-refractivity contribution in [2.24, 2.45) is 0 Å². The highest BCUT2D eigenvalue weighted by atomic mass is 16.3. The van der Waals surface area contributed by atoms with Gasteiger partial charge in [0.15, 0.2) is 0 Å². The first-order valence-electron chi connectivity index (χ1n) is 5.78. The second kappa shape index (κ2) is 3.45. The summed E-state index contributed by atoms with van der Waals surface area (Å²) in [4.78, 5) is 12.3. The Bertz CT molecular complexity index is 476. The van der Waals surface area contributed by atoms with Crippen LogP contribution >= 0.6 is 0 Å². The summed E-state index contributed by atoms with van der Waals surface area (Å²) in [5, 5.41) is 10.1. The molecule has 1 aromatic rings. The first kappa shape index (κ1) is 11.4. The molecule has 0 aromatic carbocycles. The standard InChI is InChI=1S/C13H19NO2/c1-8-7-9(2)14(10-5-6-10)12(15)11(8)13(3,4)16/h7,10,16H,5-6H2,1-4H3. The van der Waals surface area contributed by atoms with Crippen LogP contribution in [0.2, 0.25) is 0 Å².